The van der Waals surface area contributed by atoms with Gasteiger partial charge in [0.1, 0.15) is 11.9 Å². The van der Waals surface area contributed by atoms with Crippen molar-refractivity contribution in [3.8, 4) is 5.75 Å². The van der Waals surface area contributed by atoms with Gasteiger partial charge in [0.2, 0.25) is 0 Å². The van der Waals surface area contributed by atoms with E-state index in [1.54, 1.807) is 32.2 Å². The molecule has 16 heavy (non-hydrogen) atoms. The number of carboxylic acids is 1. The Labute approximate surface area is 94.8 Å². The normalized spacial score (nSPS) is 12.2. The number of aromatic carboxylic acids is 1. The van der Waals surface area contributed by atoms with Gasteiger partial charge in [0, 0.05) is 12.7 Å². The molecule has 1 atom stereocenters. The summed E-state index contributed by atoms with van der Waals surface area (Å²) in [5, 5.41) is 8.95. The first-order valence-electron chi connectivity index (χ1n) is 5.04. The van der Waals surface area contributed by atoms with Crippen molar-refractivity contribution in [2.24, 2.45) is 0 Å². The lowest BCUT2D eigenvalue weighted by Crippen LogP contribution is -2.18. The van der Waals surface area contributed by atoms with Crippen LogP contribution in [0.1, 0.15) is 22.8 Å². The summed E-state index contributed by atoms with van der Waals surface area (Å²) >= 11 is 0. The maximum absolute atomic E-state index is 10.9. The molecule has 0 aromatic heterocycles. The molecule has 0 aliphatic carbocycles. The van der Waals surface area contributed by atoms with E-state index >= 15 is 0 Å². The molecule has 0 aliphatic heterocycles. The Balaban J connectivity index is 2.89. The molecule has 0 fully saturated rings. The monoisotopic (exact) mass is 224 g/mol. The fraction of sp³-hybridized carbons (Fsp3) is 0.417. The molecule has 0 spiro atoms. The van der Waals surface area contributed by atoms with Gasteiger partial charge in [-0.15, -0.1) is 0 Å². The molecule has 1 unspecified atom stereocenters. The first kappa shape index (κ1) is 12.5. The molecule has 1 rings (SSSR count). The zero-order valence-corrected chi connectivity index (χ0v) is 9.69. The average molecular weight is 224 g/mol. The summed E-state index contributed by atoms with van der Waals surface area (Å²) in [6.45, 7) is 4.07. The van der Waals surface area contributed by atoms with Gasteiger partial charge in [-0.2, -0.15) is 0 Å². The Morgan fingerprint density at radius 3 is 2.75 bits per heavy atom. The third-order valence-corrected chi connectivity index (χ3v) is 2.24. The molecule has 0 heterocycles. The SMILES string of the molecule is COCC(C)Oc1cccc(C(=O)O)c1C. The van der Waals surface area contributed by atoms with Gasteiger partial charge in [0.25, 0.3) is 0 Å². The van der Waals surface area contributed by atoms with Crippen molar-refractivity contribution in [2.75, 3.05) is 13.7 Å². The third kappa shape index (κ3) is 2.97. The van der Waals surface area contributed by atoms with Crippen LogP contribution in [0, 0.1) is 6.92 Å². The van der Waals surface area contributed by atoms with Crippen LogP contribution in [-0.2, 0) is 4.74 Å². The highest BCUT2D eigenvalue weighted by molar-refractivity contribution is 5.90. The maximum atomic E-state index is 10.9. The first-order valence-corrected chi connectivity index (χ1v) is 5.04. The van der Waals surface area contributed by atoms with Crippen LogP contribution in [0.15, 0.2) is 18.2 Å². The highest BCUT2D eigenvalue weighted by Gasteiger charge is 2.12. The quantitative estimate of drug-likeness (QED) is 0.832. The minimum Gasteiger partial charge on any atom is -0.488 e. The number of carboxylic acid groups (broad SMARTS) is 1. The van der Waals surface area contributed by atoms with Crippen molar-refractivity contribution in [1.29, 1.82) is 0 Å². The molecule has 0 amide bonds. The summed E-state index contributed by atoms with van der Waals surface area (Å²) in [5.41, 5.74) is 0.903. The lowest BCUT2D eigenvalue weighted by molar-refractivity contribution is 0.0693. The molecular formula is C12H16O4. The minimum atomic E-state index is -0.942. The summed E-state index contributed by atoms with van der Waals surface area (Å²) in [4.78, 5) is 10.9. The molecule has 4 heteroatoms. The molecule has 88 valence electrons. The van der Waals surface area contributed by atoms with Crippen molar-refractivity contribution < 1.29 is 19.4 Å². The maximum Gasteiger partial charge on any atom is 0.336 e. The first-order chi connectivity index (χ1) is 7.56. The molecule has 0 bridgehead atoms. The van der Waals surface area contributed by atoms with Crippen LogP contribution in [0.3, 0.4) is 0 Å². The van der Waals surface area contributed by atoms with Gasteiger partial charge < -0.3 is 14.6 Å². The number of hydrogen-bond donors (Lipinski definition) is 1. The van der Waals surface area contributed by atoms with Crippen LogP contribution in [0.25, 0.3) is 0 Å². The molecule has 0 saturated heterocycles. The van der Waals surface area contributed by atoms with E-state index in [1.165, 1.54) is 0 Å². The minimum absolute atomic E-state index is 0.104. The molecule has 0 aliphatic rings. The van der Waals surface area contributed by atoms with Crippen molar-refractivity contribution in [3.05, 3.63) is 29.3 Å². The standard InChI is InChI=1S/C12H16O4/c1-8(7-15-3)16-11-6-4-5-10(9(11)2)12(13)14/h4-6,8H,7H2,1-3H3,(H,13,14). The predicted molar refractivity (Wildman–Crippen MR) is 60.1 cm³/mol. The van der Waals surface area contributed by atoms with Gasteiger partial charge >= 0.3 is 5.97 Å². The predicted octanol–water partition coefficient (Wildman–Crippen LogP) is 2.11. The van der Waals surface area contributed by atoms with Gasteiger partial charge in [0.05, 0.1) is 12.2 Å². The van der Waals surface area contributed by atoms with E-state index < -0.39 is 5.97 Å². The van der Waals surface area contributed by atoms with E-state index in [2.05, 4.69) is 0 Å². The lowest BCUT2D eigenvalue weighted by atomic mass is 10.1. The molecule has 1 aromatic carbocycles. The molecule has 4 nitrogen and oxygen atoms in total. The second-order valence-corrected chi connectivity index (χ2v) is 3.62. The van der Waals surface area contributed by atoms with E-state index in [0.717, 1.165) is 0 Å². The topological polar surface area (TPSA) is 55.8 Å². The number of carbonyl (C=O) groups is 1. The van der Waals surface area contributed by atoms with Crippen LogP contribution in [0.2, 0.25) is 0 Å². The summed E-state index contributed by atoms with van der Waals surface area (Å²) in [6, 6.07) is 4.99. The van der Waals surface area contributed by atoms with Gasteiger partial charge in [0.15, 0.2) is 0 Å². The largest absolute Gasteiger partial charge is 0.488 e. The van der Waals surface area contributed by atoms with Crippen molar-refractivity contribution in [1.82, 2.24) is 0 Å². The number of rotatable bonds is 5. The number of hydrogen-bond acceptors (Lipinski definition) is 3. The second kappa shape index (κ2) is 5.51. The van der Waals surface area contributed by atoms with Crippen molar-refractivity contribution in [2.45, 2.75) is 20.0 Å². The summed E-state index contributed by atoms with van der Waals surface area (Å²) in [7, 11) is 1.60. The molecule has 1 N–H and O–H groups in total. The number of benzene rings is 1. The van der Waals surface area contributed by atoms with E-state index in [-0.39, 0.29) is 11.7 Å². The smallest absolute Gasteiger partial charge is 0.336 e. The van der Waals surface area contributed by atoms with Crippen LogP contribution in [0.4, 0.5) is 0 Å². The van der Waals surface area contributed by atoms with E-state index in [9.17, 15) is 4.79 Å². The highest BCUT2D eigenvalue weighted by Crippen LogP contribution is 2.22. The van der Waals surface area contributed by atoms with Crippen LogP contribution >= 0.6 is 0 Å². The zero-order valence-electron chi connectivity index (χ0n) is 9.69. The third-order valence-electron chi connectivity index (χ3n) is 2.24. The van der Waals surface area contributed by atoms with Crippen molar-refractivity contribution >= 4 is 5.97 Å². The van der Waals surface area contributed by atoms with Crippen LogP contribution in [0.5, 0.6) is 5.75 Å². The number of methoxy groups -OCH3 is 1. The van der Waals surface area contributed by atoms with Gasteiger partial charge in [-0.25, -0.2) is 4.79 Å². The molecule has 1 aromatic rings. The fourth-order valence-corrected chi connectivity index (χ4v) is 1.46. The summed E-state index contributed by atoms with van der Waals surface area (Å²) in [6.07, 6.45) is -0.104. The van der Waals surface area contributed by atoms with Crippen LogP contribution in [-0.4, -0.2) is 30.9 Å². The average Bonchev–Trinajstić information content (AvgIpc) is 2.21. The van der Waals surface area contributed by atoms with Crippen molar-refractivity contribution in [3.63, 3.8) is 0 Å². The van der Waals surface area contributed by atoms with Gasteiger partial charge in [-0.1, -0.05) is 6.07 Å². The Hall–Kier alpha value is -1.55. The van der Waals surface area contributed by atoms with Gasteiger partial charge in [-0.3, -0.25) is 0 Å². The lowest BCUT2D eigenvalue weighted by Gasteiger charge is -2.16. The number of ether oxygens (including phenoxy) is 2. The Morgan fingerprint density at radius 2 is 2.19 bits per heavy atom. The Morgan fingerprint density at radius 1 is 1.50 bits per heavy atom. The molecule has 0 radical (unpaired) electrons. The van der Waals surface area contributed by atoms with E-state index in [1.807, 2.05) is 6.92 Å². The van der Waals surface area contributed by atoms with E-state index in [4.69, 9.17) is 14.6 Å². The Bertz CT molecular complexity index is 373. The second-order valence-electron chi connectivity index (χ2n) is 3.62. The summed E-state index contributed by atoms with van der Waals surface area (Å²) in [5.74, 6) is -0.355. The highest BCUT2D eigenvalue weighted by atomic mass is 16.5. The van der Waals surface area contributed by atoms with E-state index in [0.29, 0.717) is 17.9 Å². The molecule has 0 saturated carbocycles. The fourth-order valence-electron chi connectivity index (χ4n) is 1.46. The zero-order chi connectivity index (χ0) is 12.1. The summed E-state index contributed by atoms with van der Waals surface area (Å²) < 4.78 is 10.5. The van der Waals surface area contributed by atoms with Crippen LogP contribution < -0.4 is 4.74 Å². The molecular weight excluding hydrogens is 208 g/mol. The van der Waals surface area contributed by atoms with Gasteiger partial charge in [-0.05, 0) is 26.0 Å². The Kier molecular flexibility index (Phi) is 4.31.